The first-order valence-corrected chi connectivity index (χ1v) is 7.99. The summed E-state index contributed by atoms with van der Waals surface area (Å²) in [6, 6.07) is 8.48. The van der Waals surface area contributed by atoms with Gasteiger partial charge in [-0.2, -0.15) is 0 Å². The summed E-state index contributed by atoms with van der Waals surface area (Å²) in [5.41, 5.74) is 2.35. The van der Waals surface area contributed by atoms with E-state index in [0.717, 1.165) is 57.7 Å². The Labute approximate surface area is 125 Å². The standard InChI is InChI=1S/C17H23NO3/c19-16-14-4-2-1-3-13(14)11-15(16)18-7-10-21-17(12-18)5-8-20-9-6-17/h1-4,15-16,19H,5-12H2. The van der Waals surface area contributed by atoms with Crippen LogP contribution in [0.15, 0.2) is 24.3 Å². The molecular formula is C17H23NO3. The van der Waals surface area contributed by atoms with Crippen molar-refractivity contribution in [2.75, 3.05) is 32.9 Å². The lowest BCUT2D eigenvalue weighted by Crippen LogP contribution is -2.57. The smallest absolute Gasteiger partial charge is 0.0951 e. The molecule has 3 aliphatic rings. The molecule has 1 aliphatic carbocycles. The molecule has 0 aromatic heterocycles. The van der Waals surface area contributed by atoms with Gasteiger partial charge in [0, 0.05) is 45.2 Å². The van der Waals surface area contributed by atoms with Crippen molar-refractivity contribution in [3.63, 3.8) is 0 Å². The third-order valence-corrected chi connectivity index (χ3v) is 5.32. The van der Waals surface area contributed by atoms with Crippen molar-refractivity contribution in [2.45, 2.75) is 37.0 Å². The summed E-state index contributed by atoms with van der Waals surface area (Å²) >= 11 is 0. The maximum absolute atomic E-state index is 10.7. The van der Waals surface area contributed by atoms with Crippen molar-refractivity contribution in [1.29, 1.82) is 0 Å². The first-order chi connectivity index (χ1) is 10.3. The van der Waals surface area contributed by atoms with Gasteiger partial charge in [0.05, 0.1) is 18.3 Å². The molecule has 2 fully saturated rings. The summed E-state index contributed by atoms with van der Waals surface area (Å²) in [4.78, 5) is 2.44. The van der Waals surface area contributed by atoms with Gasteiger partial charge in [-0.05, 0) is 17.5 Å². The topological polar surface area (TPSA) is 41.9 Å². The number of nitrogens with zero attached hydrogens (tertiary/aromatic N) is 1. The highest BCUT2D eigenvalue weighted by Gasteiger charge is 2.43. The molecule has 2 atom stereocenters. The van der Waals surface area contributed by atoms with E-state index in [1.807, 2.05) is 6.07 Å². The van der Waals surface area contributed by atoms with Crippen molar-refractivity contribution < 1.29 is 14.6 Å². The van der Waals surface area contributed by atoms with Gasteiger partial charge in [-0.1, -0.05) is 24.3 Å². The molecule has 114 valence electrons. The van der Waals surface area contributed by atoms with Crippen LogP contribution in [-0.2, 0) is 15.9 Å². The maximum atomic E-state index is 10.7. The van der Waals surface area contributed by atoms with Crippen LogP contribution in [0.3, 0.4) is 0 Å². The van der Waals surface area contributed by atoms with E-state index in [9.17, 15) is 5.11 Å². The van der Waals surface area contributed by atoms with Gasteiger partial charge in [0.15, 0.2) is 0 Å². The van der Waals surface area contributed by atoms with E-state index < -0.39 is 0 Å². The van der Waals surface area contributed by atoms with Crippen LogP contribution in [0.2, 0.25) is 0 Å². The lowest BCUT2D eigenvalue weighted by Gasteiger charge is -2.47. The summed E-state index contributed by atoms with van der Waals surface area (Å²) in [7, 11) is 0. The van der Waals surface area contributed by atoms with Gasteiger partial charge in [0.1, 0.15) is 0 Å². The van der Waals surface area contributed by atoms with Crippen molar-refractivity contribution in [1.82, 2.24) is 4.90 Å². The average Bonchev–Trinajstić information content (AvgIpc) is 2.86. The number of aliphatic hydroxyl groups is 1. The molecule has 4 heteroatoms. The van der Waals surface area contributed by atoms with Crippen LogP contribution in [0, 0.1) is 0 Å². The van der Waals surface area contributed by atoms with Gasteiger partial charge in [-0.15, -0.1) is 0 Å². The monoisotopic (exact) mass is 289 g/mol. The van der Waals surface area contributed by atoms with Crippen LogP contribution in [0.4, 0.5) is 0 Å². The number of hydrogen-bond acceptors (Lipinski definition) is 4. The van der Waals surface area contributed by atoms with E-state index in [-0.39, 0.29) is 17.7 Å². The molecular weight excluding hydrogens is 266 g/mol. The Morgan fingerprint density at radius 1 is 1.14 bits per heavy atom. The fraction of sp³-hybridized carbons (Fsp3) is 0.647. The van der Waals surface area contributed by atoms with Crippen molar-refractivity contribution in [3.8, 4) is 0 Å². The lowest BCUT2D eigenvalue weighted by molar-refractivity contribution is -0.165. The zero-order chi connectivity index (χ0) is 14.3. The minimum Gasteiger partial charge on any atom is -0.387 e. The summed E-state index contributed by atoms with van der Waals surface area (Å²) in [5, 5.41) is 10.7. The van der Waals surface area contributed by atoms with Gasteiger partial charge >= 0.3 is 0 Å². The first kappa shape index (κ1) is 13.7. The fourth-order valence-corrected chi connectivity index (χ4v) is 4.08. The number of benzene rings is 1. The summed E-state index contributed by atoms with van der Waals surface area (Å²) in [6.07, 6.45) is 2.53. The second kappa shape index (κ2) is 5.36. The number of rotatable bonds is 1. The lowest BCUT2D eigenvalue weighted by atomic mass is 9.91. The SMILES string of the molecule is OC1c2ccccc2CC1N1CCOC2(CCOCC2)C1. The second-order valence-corrected chi connectivity index (χ2v) is 6.53. The highest BCUT2D eigenvalue weighted by molar-refractivity contribution is 5.36. The Morgan fingerprint density at radius 2 is 1.95 bits per heavy atom. The molecule has 0 amide bonds. The first-order valence-electron chi connectivity index (χ1n) is 7.99. The van der Waals surface area contributed by atoms with E-state index in [0.29, 0.717) is 0 Å². The second-order valence-electron chi connectivity index (χ2n) is 6.53. The zero-order valence-corrected chi connectivity index (χ0v) is 12.3. The van der Waals surface area contributed by atoms with E-state index in [4.69, 9.17) is 9.47 Å². The van der Waals surface area contributed by atoms with Gasteiger partial charge < -0.3 is 14.6 Å². The molecule has 1 aromatic rings. The van der Waals surface area contributed by atoms with E-state index in [2.05, 4.69) is 23.1 Å². The molecule has 2 unspecified atom stereocenters. The van der Waals surface area contributed by atoms with Gasteiger partial charge in [0.2, 0.25) is 0 Å². The largest absolute Gasteiger partial charge is 0.387 e. The Bertz CT molecular complexity index is 507. The number of ether oxygens (including phenoxy) is 2. The Balaban J connectivity index is 1.52. The quantitative estimate of drug-likeness (QED) is 0.851. The minimum atomic E-state index is -0.365. The molecule has 0 saturated carbocycles. The summed E-state index contributed by atoms with van der Waals surface area (Å²) in [6.45, 7) is 4.19. The molecule has 2 saturated heterocycles. The van der Waals surface area contributed by atoms with Crippen molar-refractivity contribution in [3.05, 3.63) is 35.4 Å². The predicted octanol–water partition coefficient (Wildman–Crippen LogP) is 1.53. The van der Waals surface area contributed by atoms with Crippen LogP contribution in [0.5, 0.6) is 0 Å². The molecule has 1 aromatic carbocycles. The fourth-order valence-electron chi connectivity index (χ4n) is 4.08. The van der Waals surface area contributed by atoms with Crippen LogP contribution >= 0.6 is 0 Å². The Kier molecular flexibility index (Phi) is 3.50. The molecule has 1 spiro atoms. The van der Waals surface area contributed by atoms with Crippen LogP contribution < -0.4 is 0 Å². The maximum Gasteiger partial charge on any atom is 0.0951 e. The highest BCUT2D eigenvalue weighted by atomic mass is 16.5. The third kappa shape index (κ3) is 2.40. The highest BCUT2D eigenvalue weighted by Crippen LogP contribution is 2.37. The van der Waals surface area contributed by atoms with E-state index in [1.165, 1.54) is 5.56 Å². The Morgan fingerprint density at radius 3 is 2.76 bits per heavy atom. The average molecular weight is 289 g/mol. The van der Waals surface area contributed by atoms with E-state index in [1.54, 1.807) is 0 Å². The number of morpholine rings is 1. The number of hydrogen-bond donors (Lipinski definition) is 1. The molecule has 21 heavy (non-hydrogen) atoms. The van der Waals surface area contributed by atoms with Gasteiger partial charge in [-0.25, -0.2) is 0 Å². The minimum absolute atomic E-state index is 0.0506. The summed E-state index contributed by atoms with van der Waals surface area (Å²) < 4.78 is 11.6. The molecule has 0 bridgehead atoms. The van der Waals surface area contributed by atoms with Gasteiger partial charge in [-0.3, -0.25) is 4.90 Å². The summed E-state index contributed by atoms with van der Waals surface area (Å²) in [5.74, 6) is 0. The molecule has 2 aliphatic heterocycles. The number of aliphatic hydroxyl groups excluding tert-OH is 1. The molecule has 4 rings (SSSR count). The van der Waals surface area contributed by atoms with Crippen molar-refractivity contribution in [2.24, 2.45) is 0 Å². The zero-order valence-electron chi connectivity index (χ0n) is 12.3. The number of fused-ring (bicyclic) bond motifs is 1. The Hall–Kier alpha value is -0.940. The van der Waals surface area contributed by atoms with Crippen LogP contribution in [0.25, 0.3) is 0 Å². The normalized spacial score (nSPS) is 32.2. The van der Waals surface area contributed by atoms with E-state index >= 15 is 0 Å². The predicted molar refractivity (Wildman–Crippen MR) is 79.2 cm³/mol. The van der Waals surface area contributed by atoms with Crippen LogP contribution in [0.1, 0.15) is 30.1 Å². The third-order valence-electron chi connectivity index (χ3n) is 5.32. The van der Waals surface area contributed by atoms with Crippen LogP contribution in [-0.4, -0.2) is 54.6 Å². The molecule has 0 radical (unpaired) electrons. The molecule has 1 N–H and O–H groups in total. The molecule has 2 heterocycles. The molecule has 4 nitrogen and oxygen atoms in total. The van der Waals surface area contributed by atoms with Gasteiger partial charge in [0.25, 0.3) is 0 Å². The van der Waals surface area contributed by atoms with Crippen molar-refractivity contribution >= 4 is 0 Å².